The zero-order valence-electron chi connectivity index (χ0n) is 14.5. The van der Waals surface area contributed by atoms with Crippen LogP contribution < -0.4 is 14.8 Å². The number of hydrogen-bond acceptors (Lipinski definition) is 4. The van der Waals surface area contributed by atoms with Crippen molar-refractivity contribution < 1.29 is 14.3 Å². The third kappa shape index (κ3) is 4.06. The van der Waals surface area contributed by atoms with Crippen molar-refractivity contribution in [1.29, 1.82) is 0 Å². The SMILES string of the molecule is O=C(Nc1cccc(Cn2cccn2)c1)c1cc(Cl)c2c(c1)OCCCO2. The molecule has 138 valence electrons. The summed E-state index contributed by atoms with van der Waals surface area (Å²) in [5, 5.41) is 7.47. The zero-order valence-corrected chi connectivity index (χ0v) is 15.3. The molecule has 27 heavy (non-hydrogen) atoms. The van der Waals surface area contributed by atoms with Crippen molar-refractivity contribution in [3.05, 3.63) is 71.0 Å². The highest BCUT2D eigenvalue weighted by Crippen LogP contribution is 2.38. The topological polar surface area (TPSA) is 65.4 Å². The Balaban J connectivity index is 1.52. The van der Waals surface area contributed by atoms with Crippen LogP contribution in [0.5, 0.6) is 11.5 Å². The van der Waals surface area contributed by atoms with Gasteiger partial charge in [0.25, 0.3) is 5.91 Å². The molecule has 4 rings (SSSR count). The fourth-order valence-corrected chi connectivity index (χ4v) is 3.16. The minimum atomic E-state index is -0.260. The van der Waals surface area contributed by atoms with Gasteiger partial charge in [0, 0.05) is 30.1 Å². The molecule has 2 aromatic carbocycles. The van der Waals surface area contributed by atoms with E-state index in [2.05, 4.69) is 10.4 Å². The summed E-state index contributed by atoms with van der Waals surface area (Å²) in [5.41, 5.74) is 2.16. The Morgan fingerprint density at radius 2 is 2.07 bits per heavy atom. The highest BCUT2D eigenvalue weighted by Gasteiger charge is 2.18. The maximum Gasteiger partial charge on any atom is 0.255 e. The molecule has 0 radical (unpaired) electrons. The zero-order chi connectivity index (χ0) is 18.6. The van der Waals surface area contributed by atoms with Gasteiger partial charge in [0.1, 0.15) is 0 Å². The van der Waals surface area contributed by atoms with E-state index in [0.29, 0.717) is 47.5 Å². The summed E-state index contributed by atoms with van der Waals surface area (Å²) in [6, 6.07) is 12.8. The number of nitrogens with one attached hydrogen (secondary N) is 1. The number of amides is 1. The van der Waals surface area contributed by atoms with Crippen LogP contribution in [0.1, 0.15) is 22.3 Å². The number of halogens is 1. The molecule has 3 aromatic rings. The van der Waals surface area contributed by atoms with Gasteiger partial charge in [-0.1, -0.05) is 23.7 Å². The molecular formula is C20H18ClN3O3. The summed E-state index contributed by atoms with van der Waals surface area (Å²) in [7, 11) is 0. The van der Waals surface area contributed by atoms with Crippen LogP contribution in [0.15, 0.2) is 54.9 Å². The molecule has 7 heteroatoms. The molecule has 0 atom stereocenters. The van der Waals surface area contributed by atoms with E-state index < -0.39 is 0 Å². The first kappa shape index (κ1) is 17.4. The number of ether oxygens (including phenoxy) is 2. The Labute approximate surface area is 161 Å². The lowest BCUT2D eigenvalue weighted by Crippen LogP contribution is -2.12. The summed E-state index contributed by atoms with van der Waals surface area (Å²) in [6.07, 6.45) is 4.40. The van der Waals surface area contributed by atoms with Crippen molar-refractivity contribution in [3.63, 3.8) is 0 Å². The number of carbonyl (C=O) groups is 1. The van der Waals surface area contributed by atoms with Crippen molar-refractivity contribution >= 4 is 23.2 Å². The minimum Gasteiger partial charge on any atom is -0.489 e. The monoisotopic (exact) mass is 383 g/mol. The summed E-state index contributed by atoms with van der Waals surface area (Å²) in [6.45, 7) is 1.71. The molecule has 2 heterocycles. The highest BCUT2D eigenvalue weighted by atomic mass is 35.5. The van der Waals surface area contributed by atoms with Gasteiger partial charge in [-0.3, -0.25) is 9.48 Å². The number of carbonyl (C=O) groups excluding carboxylic acids is 1. The van der Waals surface area contributed by atoms with E-state index in [4.69, 9.17) is 21.1 Å². The quantitative estimate of drug-likeness (QED) is 0.739. The van der Waals surface area contributed by atoms with E-state index in [-0.39, 0.29) is 5.91 Å². The lowest BCUT2D eigenvalue weighted by atomic mass is 10.1. The Morgan fingerprint density at radius 3 is 2.93 bits per heavy atom. The first-order chi connectivity index (χ1) is 13.2. The van der Waals surface area contributed by atoms with E-state index in [0.717, 1.165) is 12.0 Å². The van der Waals surface area contributed by atoms with Gasteiger partial charge in [0.05, 0.1) is 24.8 Å². The lowest BCUT2D eigenvalue weighted by Gasteiger charge is -2.12. The second kappa shape index (κ2) is 7.72. The molecule has 0 fully saturated rings. The van der Waals surface area contributed by atoms with Gasteiger partial charge >= 0.3 is 0 Å². The normalized spacial score (nSPS) is 13.1. The molecule has 1 aliphatic heterocycles. The molecular weight excluding hydrogens is 366 g/mol. The number of nitrogens with zero attached hydrogens (tertiary/aromatic N) is 2. The first-order valence-electron chi connectivity index (χ1n) is 8.66. The van der Waals surface area contributed by atoms with Gasteiger partial charge in [0.2, 0.25) is 0 Å². The van der Waals surface area contributed by atoms with Crippen molar-refractivity contribution in [3.8, 4) is 11.5 Å². The fourth-order valence-electron chi connectivity index (χ4n) is 2.89. The number of rotatable bonds is 4. The molecule has 0 unspecified atom stereocenters. The molecule has 0 saturated carbocycles. The predicted molar refractivity (Wildman–Crippen MR) is 103 cm³/mol. The maximum absolute atomic E-state index is 12.7. The number of benzene rings is 2. The van der Waals surface area contributed by atoms with Gasteiger partial charge in [-0.15, -0.1) is 0 Å². The van der Waals surface area contributed by atoms with E-state index >= 15 is 0 Å². The van der Waals surface area contributed by atoms with Crippen LogP contribution in [0.4, 0.5) is 5.69 Å². The largest absolute Gasteiger partial charge is 0.489 e. The smallest absolute Gasteiger partial charge is 0.255 e. The first-order valence-corrected chi connectivity index (χ1v) is 9.04. The summed E-state index contributed by atoms with van der Waals surface area (Å²) in [5.74, 6) is 0.730. The molecule has 1 aromatic heterocycles. The summed E-state index contributed by atoms with van der Waals surface area (Å²) < 4.78 is 13.1. The van der Waals surface area contributed by atoms with E-state index in [1.807, 2.05) is 41.2 Å². The second-order valence-corrected chi connectivity index (χ2v) is 6.60. The van der Waals surface area contributed by atoms with Crippen LogP contribution in [-0.4, -0.2) is 28.9 Å². The van der Waals surface area contributed by atoms with Crippen molar-refractivity contribution in [2.24, 2.45) is 0 Å². The Kier molecular flexibility index (Phi) is 4.98. The minimum absolute atomic E-state index is 0.260. The predicted octanol–water partition coefficient (Wildman–Crippen LogP) is 4.00. The van der Waals surface area contributed by atoms with Crippen molar-refractivity contribution in [1.82, 2.24) is 9.78 Å². The Hall–Kier alpha value is -2.99. The van der Waals surface area contributed by atoms with Crippen LogP contribution in [0, 0.1) is 0 Å². The van der Waals surface area contributed by atoms with Gasteiger partial charge < -0.3 is 14.8 Å². The molecule has 1 amide bonds. The van der Waals surface area contributed by atoms with Gasteiger partial charge in [-0.2, -0.15) is 5.10 Å². The van der Waals surface area contributed by atoms with Gasteiger partial charge in [0.15, 0.2) is 11.5 Å². The third-order valence-corrected chi connectivity index (χ3v) is 4.43. The van der Waals surface area contributed by atoms with E-state index in [9.17, 15) is 4.79 Å². The molecule has 1 aliphatic rings. The van der Waals surface area contributed by atoms with Crippen molar-refractivity contribution in [2.75, 3.05) is 18.5 Å². The third-order valence-electron chi connectivity index (χ3n) is 4.15. The summed E-state index contributed by atoms with van der Waals surface area (Å²) in [4.78, 5) is 12.7. The van der Waals surface area contributed by atoms with Gasteiger partial charge in [-0.25, -0.2) is 0 Å². The number of fused-ring (bicyclic) bond motifs is 1. The van der Waals surface area contributed by atoms with Crippen LogP contribution in [0.3, 0.4) is 0 Å². The molecule has 1 N–H and O–H groups in total. The standard InChI is InChI=1S/C20H18ClN3O3/c21-17-11-15(12-18-19(17)27-9-3-8-26-18)20(25)23-16-5-1-4-14(10-16)13-24-7-2-6-22-24/h1-2,4-7,10-12H,3,8-9,13H2,(H,23,25). The highest BCUT2D eigenvalue weighted by molar-refractivity contribution is 6.32. The van der Waals surface area contributed by atoms with Crippen LogP contribution in [0.25, 0.3) is 0 Å². The van der Waals surface area contributed by atoms with Crippen molar-refractivity contribution in [2.45, 2.75) is 13.0 Å². The van der Waals surface area contributed by atoms with Crippen LogP contribution >= 0.6 is 11.6 Å². The average molecular weight is 384 g/mol. The second-order valence-electron chi connectivity index (χ2n) is 6.19. The molecule has 6 nitrogen and oxygen atoms in total. The average Bonchev–Trinajstić information content (AvgIpc) is 3.04. The number of anilines is 1. The Morgan fingerprint density at radius 1 is 1.19 bits per heavy atom. The maximum atomic E-state index is 12.7. The lowest BCUT2D eigenvalue weighted by molar-refractivity contribution is 0.102. The van der Waals surface area contributed by atoms with Crippen LogP contribution in [0.2, 0.25) is 5.02 Å². The number of aromatic nitrogens is 2. The van der Waals surface area contributed by atoms with Gasteiger partial charge in [-0.05, 0) is 35.9 Å². The van der Waals surface area contributed by atoms with Crippen LogP contribution in [-0.2, 0) is 6.54 Å². The molecule has 0 bridgehead atoms. The van der Waals surface area contributed by atoms with E-state index in [1.54, 1.807) is 18.3 Å². The summed E-state index contributed by atoms with van der Waals surface area (Å²) >= 11 is 6.28. The molecule has 0 saturated heterocycles. The van der Waals surface area contributed by atoms with E-state index in [1.165, 1.54) is 0 Å². The molecule has 0 spiro atoms. The number of hydrogen-bond donors (Lipinski definition) is 1. The molecule has 0 aliphatic carbocycles. The Bertz CT molecular complexity index is 957. The fraction of sp³-hybridized carbons (Fsp3) is 0.200.